The summed E-state index contributed by atoms with van der Waals surface area (Å²) >= 11 is 5.71. The zero-order valence-electron chi connectivity index (χ0n) is 13.4. The van der Waals surface area contributed by atoms with Gasteiger partial charge >= 0.3 is 5.97 Å². The predicted molar refractivity (Wildman–Crippen MR) is 92.3 cm³/mol. The zero-order valence-corrected chi connectivity index (χ0v) is 15.0. The molecular weight excluding hydrogens is 368 g/mol. The molecule has 9 heteroatoms. The summed E-state index contributed by atoms with van der Waals surface area (Å²) in [5, 5.41) is 2.88. The van der Waals surface area contributed by atoms with Gasteiger partial charge in [0.25, 0.3) is 5.91 Å². The molecule has 132 valence electrons. The normalized spacial score (nSPS) is 12.3. The fourth-order valence-corrected chi connectivity index (χ4v) is 2.90. The number of aromatic nitrogens is 1. The quantitative estimate of drug-likeness (QED) is 0.796. The molecular formula is C16H15ClN2O5S. The van der Waals surface area contributed by atoms with Crippen LogP contribution in [0.25, 0.3) is 0 Å². The highest BCUT2D eigenvalue weighted by molar-refractivity contribution is 7.90. The summed E-state index contributed by atoms with van der Waals surface area (Å²) in [5.74, 6) is -1.28. The van der Waals surface area contributed by atoms with Crippen LogP contribution >= 0.6 is 11.6 Å². The summed E-state index contributed by atoms with van der Waals surface area (Å²) in [4.78, 5) is 28.0. The van der Waals surface area contributed by atoms with E-state index in [-0.39, 0.29) is 16.3 Å². The van der Waals surface area contributed by atoms with Crippen LogP contribution in [0, 0.1) is 0 Å². The first-order valence-electron chi connectivity index (χ1n) is 7.11. The van der Waals surface area contributed by atoms with E-state index in [2.05, 4.69) is 10.3 Å². The molecule has 1 atom stereocenters. The van der Waals surface area contributed by atoms with Crippen LogP contribution in [-0.2, 0) is 19.4 Å². The Morgan fingerprint density at radius 2 is 1.88 bits per heavy atom. The number of halogens is 1. The highest BCUT2D eigenvalue weighted by Gasteiger charge is 2.24. The lowest BCUT2D eigenvalue weighted by Crippen LogP contribution is -2.30. The van der Waals surface area contributed by atoms with Crippen molar-refractivity contribution in [2.45, 2.75) is 17.9 Å². The van der Waals surface area contributed by atoms with E-state index < -0.39 is 27.8 Å². The van der Waals surface area contributed by atoms with Crippen LogP contribution < -0.4 is 5.32 Å². The minimum atomic E-state index is -3.61. The van der Waals surface area contributed by atoms with Crippen LogP contribution in [0.5, 0.6) is 0 Å². The van der Waals surface area contributed by atoms with Gasteiger partial charge < -0.3 is 10.1 Å². The molecule has 1 aromatic carbocycles. The second kappa shape index (κ2) is 7.62. The molecule has 0 saturated heterocycles. The van der Waals surface area contributed by atoms with Gasteiger partial charge in [0.05, 0.1) is 15.5 Å². The Bertz CT molecular complexity index is 897. The van der Waals surface area contributed by atoms with Gasteiger partial charge in [-0.3, -0.25) is 4.79 Å². The van der Waals surface area contributed by atoms with E-state index in [0.717, 1.165) is 6.26 Å². The van der Waals surface area contributed by atoms with Gasteiger partial charge in [0.2, 0.25) is 0 Å². The number of amides is 1. The predicted octanol–water partition coefficient (Wildman–Crippen LogP) is 2.32. The molecule has 2 rings (SSSR count). The van der Waals surface area contributed by atoms with Crippen molar-refractivity contribution >= 4 is 39.1 Å². The number of nitrogens with zero attached hydrogens (tertiary/aromatic N) is 1. The van der Waals surface area contributed by atoms with Crippen molar-refractivity contribution in [3.05, 3.63) is 53.2 Å². The van der Waals surface area contributed by atoms with Crippen molar-refractivity contribution in [3.63, 3.8) is 0 Å². The Kier molecular flexibility index (Phi) is 5.76. The first-order valence-corrected chi connectivity index (χ1v) is 9.38. The van der Waals surface area contributed by atoms with Crippen molar-refractivity contribution < 1.29 is 22.7 Å². The molecule has 25 heavy (non-hydrogen) atoms. The van der Waals surface area contributed by atoms with Crippen LogP contribution in [0.4, 0.5) is 5.82 Å². The summed E-state index contributed by atoms with van der Waals surface area (Å²) in [5.41, 5.74) is -0.130. The lowest BCUT2D eigenvalue weighted by Gasteiger charge is -2.14. The second-order valence-corrected chi connectivity index (χ2v) is 7.59. The SMILES string of the molecule is CC(OC(=O)c1ccccc1S(C)(=O)=O)C(=O)Nc1ccc(Cl)cn1. The van der Waals surface area contributed by atoms with Crippen molar-refractivity contribution in [3.8, 4) is 0 Å². The number of hydrogen-bond acceptors (Lipinski definition) is 6. The van der Waals surface area contributed by atoms with Crippen molar-refractivity contribution in [1.82, 2.24) is 4.98 Å². The number of ether oxygens (including phenoxy) is 1. The highest BCUT2D eigenvalue weighted by atomic mass is 35.5. The van der Waals surface area contributed by atoms with E-state index in [0.29, 0.717) is 5.02 Å². The van der Waals surface area contributed by atoms with Crippen molar-refractivity contribution in [2.24, 2.45) is 0 Å². The van der Waals surface area contributed by atoms with Gasteiger partial charge in [-0.1, -0.05) is 23.7 Å². The number of anilines is 1. The molecule has 0 aliphatic rings. The molecule has 2 aromatic rings. The number of sulfone groups is 1. The third-order valence-corrected chi connectivity index (χ3v) is 4.52. The molecule has 0 fully saturated rings. The number of benzene rings is 1. The molecule has 1 aromatic heterocycles. The number of nitrogens with one attached hydrogen (secondary N) is 1. The largest absolute Gasteiger partial charge is 0.449 e. The van der Waals surface area contributed by atoms with Crippen LogP contribution in [0.2, 0.25) is 5.02 Å². The van der Waals surface area contributed by atoms with E-state index in [4.69, 9.17) is 16.3 Å². The average Bonchev–Trinajstić information content (AvgIpc) is 2.56. The van der Waals surface area contributed by atoms with Gasteiger partial charge in [-0.15, -0.1) is 0 Å². The molecule has 1 unspecified atom stereocenters. The Labute approximate surface area is 149 Å². The maximum Gasteiger partial charge on any atom is 0.340 e. The standard InChI is InChI=1S/C16H15ClN2O5S/c1-10(15(20)19-14-8-7-11(17)9-18-14)24-16(21)12-5-3-4-6-13(12)25(2,22)23/h3-10H,1-2H3,(H,18,19,20). The lowest BCUT2D eigenvalue weighted by molar-refractivity contribution is -0.123. The van der Waals surface area contributed by atoms with Gasteiger partial charge in [0.1, 0.15) is 5.82 Å². The third-order valence-electron chi connectivity index (χ3n) is 3.14. The smallest absolute Gasteiger partial charge is 0.340 e. The molecule has 0 radical (unpaired) electrons. The zero-order chi connectivity index (χ0) is 18.6. The average molecular weight is 383 g/mol. The first-order chi connectivity index (χ1) is 11.7. The van der Waals surface area contributed by atoms with Crippen molar-refractivity contribution in [1.29, 1.82) is 0 Å². The molecule has 1 heterocycles. The second-order valence-electron chi connectivity index (χ2n) is 5.17. The summed E-state index contributed by atoms with van der Waals surface area (Å²) in [6.07, 6.45) is 1.19. The monoisotopic (exact) mass is 382 g/mol. The Morgan fingerprint density at radius 1 is 1.20 bits per heavy atom. The number of esters is 1. The Morgan fingerprint density at radius 3 is 2.48 bits per heavy atom. The first kappa shape index (κ1) is 18.9. The minimum Gasteiger partial charge on any atom is -0.449 e. The molecule has 0 spiro atoms. The van der Waals surface area contributed by atoms with Crippen molar-refractivity contribution in [2.75, 3.05) is 11.6 Å². The topological polar surface area (TPSA) is 102 Å². The maximum absolute atomic E-state index is 12.2. The van der Waals surface area contributed by atoms with E-state index in [1.54, 1.807) is 6.07 Å². The summed E-state index contributed by atoms with van der Waals surface area (Å²) in [6.45, 7) is 1.37. The minimum absolute atomic E-state index is 0.130. The Hall–Kier alpha value is -2.45. The molecule has 0 saturated carbocycles. The van der Waals surface area contributed by atoms with E-state index in [1.165, 1.54) is 43.5 Å². The fourth-order valence-electron chi connectivity index (χ4n) is 1.91. The number of carbonyl (C=O) groups is 2. The van der Waals surface area contributed by atoms with Crippen LogP contribution in [0.15, 0.2) is 47.5 Å². The molecule has 1 amide bonds. The number of rotatable bonds is 5. The summed E-state index contributed by atoms with van der Waals surface area (Å²) in [7, 11) is -3.61. The lowest BCUT2D eigenvalue weighted by atomic mass is 10.2. The van der Waals surface area contributed by atoms with Crippen LogP contribution in [0.1, 0.15) is 17.3 Å². The maximum atomic E-state index is 12.2. The molecule has 0 bridgehead atoms. The van der Waals surface area contributed by atoms with Gasteiger partial charge in [0.15, 0.2) is 15.9 Å². The number of pyridine rings is 1. The van der Waals surface area contributed by atoms with E-state index in [1.807, 2.05) is 0 Å². The van der Waals surface area contributed by atoms with E-state index in [9.17, 15) is 18.0 Å². The molecule has 1 N–H and O–H groups in total. The number of carbonyl (C=O) groups excluding carboxylic acids is 2. The molecule has 0 aliphatic heterocycles. The summed E-state index contributed by atoms with van der Waals surface area (Å²) < 4.78 is 28.5. The number of hydrogen-bond donors (Lipinski definition) is 1. The fraction of sp³-hybridized carbons (Fsp3) is 0.188. The van der Waals surface area contributed by atoms with Crippen LogP contribution in [-0.4, -0.2) is 37.6 Å². The van der Waals surface area contributed by atoms with Gasteiger partial charge in [0, 0.05) is 12.5 Å². The van der Waals surface area contributed by atoms with E-state index >= 15 is 0 Å². The van der Waals surface area contributed by atoms with Gasteiger partial charge in [-0.25, -0.2) is 18.2 Å². The summed E-state index contributed by atoms with van der Waals surface area (Å²) in [6, 6.07) is 8.67. The van der Waals surface area contributed by atoms with Gasteiger partial charge in [-0.05, 0) is 31.2 Å². The van der Waals surface area contributed by atoms with Gasteiger partial charge in [-0.2, -0.15) is 0 Å². The highest BCUT2D eigenvalue weighted by Crippen LogP contribution is 2.17. The third kappa shape index (κ3) is 5.01. The molecule has 7 nitrogen and oxygen atoms in total. The van der Waals surface area contributed by atoms with Crippen LogP contribution in [0.3, 0.4) is 0 Å². The Balaban J connectivity index is 2.10. The molecule has 0 aliphatic carbocycles.